The van der Waals surface area contributed by atoms with Gasteiger partial charge in [0.05, 0.1) is 26.7 Å². The van der Waals surface area contributed by atoms with Gasteiger partial charge in [-0.1, -0.05) is 6.07 Å². The topological polar surface area (TPSA) is 58.8 Å². The average Bonchev–Trinajstić information content (AvgIpc) is 2.64. The molecular weight excluding hydrogens is 232 g/mol. The number of quaternary nitrogens is 1. The van der Waals surface area contributed by atoms with Crippen molar-refractivity contribution in [1.82, 2.24) is 9.61 Å². The van der Waals surface area contributed by atoms with Gasteiger partial charge < -0.3 is 9.22 Å². The maximum atomic E-state index is 9.18. The van der Waals surface area contributed by atoms with E-state index in [0.29, 0.717) is 18.2 Å². The molecule has 0 unspecified atom stereocenters. The Hall–Kier alpha value is -1.79. The molecule has 2 aromatic heterocycles. The lowest BCUT2D eigenvalue weighted by molar-refractivity contribution is -0.870. The zero-order chi connectivity index (χ0) is 13.2. The molecule has 2 rings (SSSR count). The first kappa shape index (κ1) is 12.7. The van der Waals surface area contributed by atoms with Crippen LogP contribution in [0, 0.1) is 0 Å². The first-order valence-corrected chi connectivity index (χ1v) is 5.82. The number of ether oxygens (including phenoxy) is 1. The van der Waals surface area contributed by atoms with Crippen LogP contribution < -0.4 is 10.2 Å². The minimum absolute atomic E-state index is 0.414. The van der Waals surface area contributed by atoms with Crippen LogP contribution in [0.2, 0.25) is 0 Å². The molecule has 0 atom stereocenters. The molecule has 0 fully saturated rings. The third-order valence-electron chi connectivity index (χ3n) is 2.62. The lowest BCUT2D eigenvalue weighted by atomic mass is 10.3. The molecule has 0 saturated carbocycles. The second-order valence-electron chi connectivity index (χ2n) is 5.18. The summed E-state index contributed by atoms with van der Waals surface area (Å²) in [5.74, 6) is 0.414. The van der Waals surface area contributed by atoms with Gasteiger partial charge in [0.15, 0.2) is 0 Å². The molecule has 0 aliphatic carbocycles. The van der Waals surface area contributed by atoms with Crippen molar-refractivity contribution in [2.24, 2.45) is 0 Å². The number of pyridine rings is 1. The third kappa shape index (κ3) is 2.72. The van der Waals surface area contributed by atoms with Gasteiger partial charge in [0.2, 0.25) is 0 Å². The van der Waals surface area contributed by atoms with Crippen molar-refractivity contribution in [3.63, 3.8) is 0 Å². The highest BCUT2D eigenvalue weighted by molar-refractivity contribution is 5.76. The summed E-state index contributed by atoms with van der Waals surface area (Å²) >= 11 is 0. The van der Waals surface area contributed by atoms with Crippen LogP contribution in [0.4, 0.5) is 5.69 Å². The molecule has 0 spiro atoms. The Kier molecular flexibility index (Phi) is 3.40. The van der Waals surface area contributed by atoms with Gasteiger partial charge in [-0.05, 0) is 12.1 Å². The summed E-state index contributed by atoms with van der Waals surface area (Å²) in [7, 11) is 6.29. The van der Waals surface area contributed by atoms with Crippen LogP contribution in [0.15, 0.2) is 24.4 Å². The van der Waals surface area contributed by atoms with E-state index < -0.39 is 0 Å². The van der Waals surface area contributed by atoms with Crippen LogP contribution in [0.3, 0.4) is 0 Å². The first-order valence-electron chi connectivity index (χ1n) is 5.82. The van der Waals surface area contributed by atoms with Crippen LogP contribution in [-0.2, 0) is 0 Å². The fourth-order valence-corrected chi connectivity index (χ4v) is 1.60. The Morgan fingerprint density at radius 2 is 2.17 bits per heavy atom. The monoisotopic (exact) mass is 251 g/mol. The lowest BCUT2D eigenvalue weighted by Gasteiger charge is -2.23. The van der Waals surface area contributed by atoms with E-state index in [1.54, 1.807) is 4.52 Å². The quantitative estimate of drug-likeness (QED) is 0.619. The number of nitrogens with zero attached hydrogens (tertiary/aromatic N) is 3. The van der Waals surface area contributed by atoms with Gasteiger partial charge in [-0.25, -0.2) is 4.52 Å². The molecular formula is C12H19N4O2+. The van der Waals surface area contributed by atoms with Crippen molar-refractivity contribution in [3.8, 4) is 5.88 Å². The van der Waals surface area contributed by atoms with E-state index >= 15 is 0 Å². The summed E-state index contributed by atoms with van der Waals surface area (Å²) in [6.45, 7) is 1.40. The second-order valence-corrected chi connectivity index (χ2v) is 5.18. The molecule has 98 valence electrons. The Balaban J connectivity index is 2.17. The van der Waals surface area contributed by atoms with Gasteiger partial charge in [-0.3, -0.25) is 10.7 Å². The smallest absolute Gasteiger partial charge is 0.260 e. The Morgan fingerprint density at radius 1 is 1.39 bits per heavy atom. The summed E-state index contributed by atoms with van der Waals surface area (Å²) in [5.41, 5.74) is 3.43. The zero-order valence-electron chi connectivity index (χ0n) is 10.9. The molecule has 0 radical (unpaired) electrons. The minimum atomic E-state index is 0.414. The van der Waals surface area contributed by atoms with Gasteiger partial charge in [0.25, 0.3) is 5.88 Å². The van der Waals surface area contributed by atoms with E-state index in [1.165, 1.54) is 0 Å². The predicted molar refractivity (Wildman–Crippen MR) is 69.0 cm³/mol. The van der Waals surface area contributed by atoms with Gasteiger partial charge >= 0.3 is 0 Å². The summed E-state index contributed by atoms with van der Waals surface area (Å²) in [6, 6.07) is 5.61. The van der Waals surface area contributed by atoms with Crippen LogP contribution in [0.25, 0.3) is 5.52 Å². The van der Waals surface area contributed by atoms with Gasteiger partial charge in [-0.15, -0.1) is 5.10 Å². The molecule has 6 heteroatoms. The van der Waals surface area contributed by atoms with E-state index in [4.69, 9.17) is 4.74 Å². The van der Waals surface area contributed by atoms with Crippen molar-refractivity contribution in [2.75, 3.05) is 39.8 Å². The van der Waals surface area contributed by atoms with Crippen LogP contribution in [0.1, 0.15) is 0 Å². The molecule has 0 bridgehead atoms. The van der Waals surface area contributed by atoms with E-state index in [9.17, 15) is 5.21 Å². The molecule has 2 heterocycles. The molecule has 18 heavy (non-hydrogen) atoms. The summed E-state index contributed by atoms with van der Waals surface area (Å²) in [5, 5.41) is 13.4. The fourth-order valence-electron chi connectivity index (χ4n) is 1.60. The van der Waals surface area contributed by atoms with E-state index in [-0.39, 0.29) is 0 Å². The van der Waals surface area contributed by atoms with E-state index in [1.807, 2.05) is 24.4 Å². The Bertz CT molecular complexity index is 530. The molecule has 0 aromatic carbocycles. The molecule has 0 saturated heterocycles. The van der Waals surface area contributed by atoms with Crippen molar-refractivity contribution in [3.05, 3.63) is 24.4 Å². The van der Waals surface area contributed by atoms with Crippen molar-refractivity contribution >= 4 is 11.2 Å². The molecule has 2 aromatic rings. The van der Waals surface area contributed by atoms with Crippen LogP contribution in [-0.4, -0.2) is 53.6 Å². The van der Waals surface area contributed by atoms with Crippen molar-refractivity contribution in [1.29, 1.82) is 0 Å². The van der Waals surface area contributed by atoms with Gasteiger partial charge in [0, 0.05) is 6.20 Å². The number of fused-ring (bicyclic) bond motifs is 1. The highest BCUT2D eigenvalue weighted by Crippen LogP contribution is 2.27. The number of hydrogen-bond acceptors (Lipinski definition) is 4. The number of rotatable bonds is 5. The number of anilines is 1. The summed E-state index contributed by atoms with van der Waals surface area (Å²) in [6.07, 6.45) is 1.81. The number of aromatic nitrogens is 2. The number of hydrogen-bond donors (Lipinski definition) is 2. The molecule has 0 amide bonds. The van der Waals surface area contributed by atoms with Crippen molar-refractivity contribution < 1.29 is 14.4 Å². The zero-order valence-corrected chi connectivity index (χ0v) is 10.9. The SMILES string of the molecule is C[N+](C)(C)CCOc1nn2ccccc2c1NO. The van der Waals surface area contributed by atoms with Gasteiger partial charge in [-0.2, -0.15) is 0 Å². The highest BCUT2D eigenvalue weighted by Gasteiger charge is 2.14. The second kappa shape index (κ2) is 4.83. The minimum Gasteiger partial charge on any atom is -0.469 e. The standard InChI is InChI=1S/C12H19N4O2/c1-16(2,3)8-9-18-12-11(14-17)10-6-4-5-7-15(10)13-12/h4-7,14,17H,8-9H2,1-3H3/q+1. The lowest BCUT2D eigenvalue weighted by Crippen LogP contribution is -2.38. The average molecular weight is 251 g/mol. The maximum absolute atomic E-state index is 9.18. The maximum Gasteiger partial charge on any atom is 0.260 e. The Labute approximate surface area is 106 Å². The molecule has 2 N–H and O–H groups in total. The fraction of sp³-hybridized carbons (Fsp3) is 0.417. The molecule has 0 aliphatic heterocycles. The third-order valence-corrected chi connectivity index (χ3v) is 2.62. The number of nitrogens with one attached hydrogen (secondary N) is 1. The first-order chi connectivity index (χ1) is 8.51. The molecule has 0 aliphatic rings. The highest BCUT2D eigenvalue weighted by atomic mass is 16.5. The Morgan fingerprint density at radius 3 is 2.83 bits per heavy atom. The van der Waals surface area contributed by atoms with Gasteiger partial charge in [0.1, 0.15) is 18.8 Å². The van der Waals surface area contributed by atoms with Crippen LogP contribution in [0.5, 0.6) is 5.88 Å². The number of likely N-dealkylation sites (N-methyl/N-ethyl adjacent to an activating group) is 1. The summed E-state index contributed by atoms with van der Waals surface area (Å²) < 4.78 is 8.10. The van der Waals surface area contributed by atoms with E-state index in [0.717, 1.165) is 16.5 Å². The predicted octanol–water partition coefficient (Wildman–Crippen LogP) is 1.22. The van der Waals surface area contributed by atoms with Crippen molar-refractivity contribution in [2.45, 2.75) is 0 Å². The summed E-state index contributed by atoms with van der Waals surface area (Å²) in [4.78, 5) is 0. The molecule has 6 nitrogen and oxygen atoms in total. The van der Waals surface area contributed by atoms with Crippen LogP contribution >= 0.6 is 0 Å². The largest absolute Gasteiger partial charge is 0.469 e. The normalized spacial score (nSPS) is 11.8. The van der Waals surface area contributed by atoms with E-state index in [2.05, 4.69) is 31.7 Å².